The minimum absolute atomic E-state index is 0.172. The van der Waals surface area contributed by atoms with Crippen molar-refractivity contribution < 1.29 is 27.9 Å². The molecule has 31 heavy (non-hydrogen) atoms. The lowest BCUT2D eigenvalue weighted by Gasteiger charge is -2.10. The van der Waals surface area contributed by atoms with Gasteiger partial charge in [0.1, 0.15) is 0 Å². The molecule has 0 aliphatic heterocycles. The third-order valence-electron chi connectivity index (χ3n) is 4.13. The Morgan fingerprint density at radius 2 is 1.39 bits per heavy atom. The molecule has 1 N–H and O–H groups in total. The Morgan fingerprint density at radius 3 is 2.06 bits per heavy atom. The number of ketones is 1. The number of rotatable bonds is 8. The summed E-state index contributed by atoms with van der Waals surface area (Å²) in [5, 5.41) is 2.45. The molecular formula is C23H17F2NO4S. The van der Waals surface area contributed by atoms with E-state index in [0.29, 0.717) is 22.9 Å². The van der Waals surface area contributed by atoms with Gasteiger partial charge in [0.15, 0.2) is 12.4 Å². The number of para-hydroxylation sites is 1. The van der Waals surface area contributed by atoms with Gasteiger partial charge in [0.05, 0.1) is 11.3 Å². The number of benzene rings is 3. The molecule has 0 aromatic heterocycles. The number of ether oxygens (including phenoxy) is 1. The van der Waals surface area contributed by atoms with Crippen LogP contribution in [-0.4, -0.2) is 30.0 Å². The SMILES string of the molecule is O=C(COC(=O)c1ccc(C(=O)c2ccccc2)cc1)Nc1ccccc1SC(F)F. The molecule has 3 aromatic carbocycles. The summed E-state index contributed by atoms with van der Waals surface area (Å²) in [5.41, 5.74) is 1.32. The lowest BCUT2D eigenvalue weighted by atomic mass is 10.0. The van der Waals surface area contributed by atoms with E-state index in [4.69, 9.17) is 4.74 Å². The molecule has 0 radical (unpaired) electrons. The van der Waals surface area contributed by atoms with Crippen molar-refractivity contribution in [2.24, 2.45) is 0 Å². The van der Waals surface area contributed by atoms with Crippen molar-refractivity contribution in [3.8, 4) is 0 Å². The highest BCUT2D eigenvalue weighted by Crippen LogP contribution is 2.31. The van der Waals surface area contributed by atoms with Crippen LogP contribution in [0.2, 0.25) is 0 Å². The highest BCUT2D eigenvalue weighted by Gasteiger charge is 2.15. The van der Waals surface area contributed by atoms with Gasteiger partial charge in [0, 0.05) is 16.0 Å². The molecule has 3 aromatic rings. The van der Waals surface area contributed by atoms with Crippen LogP contribution in [0.15, 0.2) is 83.8 Å². The van der Waals surface area contributed by atoms with E-state index in [1.807, 2.05) is 6.07 Å². The Hall–Kier alpha value is -3.52. The van der Waals surface area contributed by atoms with Crippen molar-refractivity contribution in [1.29, 1.82) is 0 Å². The van der Waals surface area contributed by atoms with Crippen LogP contribution < -0.4 is 5.32 Å². The molecular weight excluding hydrogens is 424 g/mol. The molecule has 0 fully saturated rings. The number of carbonyl (C=O) groups is 3. The highest BCUT2D eigenvalue weighted by molar-refractivity contribution is 7.99. The third-order valence-corrected chi connectivity index (χ3v) is 4.92. The Morgan fingerprint density at radius 1 is 0.806 bits per heavy atom. The zero-order valence-electron chi connectivity index (χ0n) is 16.1. The van der Waals surface area contributed by atoms with Gasteiger partial charge in [0.25, 0.3) is 11.7 Å². The van der Waals surface area contributed by atoms with E-state index in [-0.39, 0.29) is 21.9 Å². The second-order valence-electron chi connectivity index (χ2n) is 6.27. The molecule has 3 rings (SSSR count). The molecule has 0 saturated heterocycles. The zero-order chi connectivity index (χ0) is 22.2. The first-order valence-corrected chi connectivity index (χ1v) is 10.0. The number of halogens is 2. The molecule has 0 unspecified atom stereocenters. The number of hydrogen-bond acceptors (Lipinski definition) is 5. The van der Waals surface area contributed by atoms with Crippen LogP contribution in [0.5, 0.6) is 0 Å². The summed E-state index contributed by atoms with van der Waals surface area (Å²) in [7, 11) is 0. The van der Waals surface area contributed by atoms with Crippen molar-refractivity contribution in [1.82, 2.24) is 0 Å². The topological polar surface area (TPSA) is 72.5 Å². The van der Waals surface area contributed by atoms with E-state index in [1.165, 1.54) is 36.4 Å². The first kappa shape index (κ1) is 22.2. The third kappa shape index (κ3) is 6.23. The molecule has 0 saturated carbocycles. The molecule has 0 heterocycles. The number of thioether (sulfide) groups is 1. The van der Waals surface area contributed by atoms with Crippen LogP contribution >= 0.6 is 11.8 Å². The van der Waals surface area contributed by atoms with Crippen LogP contribution in [0.3, 0.4) is 0 Å². The Kier molecular flexibility index (Phi) is 7.50. The van der Waals surface area contributed by atoms with Crippen molar-refractivity contribution in [2.45, 2.75) is 10.7 Å². The zero-order valence-corrected chi connectivity index (χ0v) is 16.9. The number of amides is 1. The van der Waals surface area contributed by atoms with Crippen molar-refractivity contribution in [2.75, 3.05) is 11.9 Å². The van der Waals surface area contributed by atoms with E-state index in [2.05, 4.69) is 5.32 Å². The van der Waals surface area contributed by atoms with Gasteiger partial charge < -0.3 is 10.1 Å². The summed E-state index contributed by atoms with van der Waals surface area (Å²) in [5.74, 6) is -4.22. The number of hydrogen-bond donors (Lipinski definition) is 1. The normalized spacial score (nSPS) is 10.5. The second-order valence-corrected chi connectivity index (χ2v) is 7.30. The van der Waals surface area contributed by atoms with Gasteiger partial charge in [-0.3, -0.25) is 9.59 Å². The van der Waals surface area contributed by atoms with Gasteiger partial charge in [0.2, 0.25) is 0 Å². The van der Waals surface area contributed by atoms with Gasteiger partial charge >= 0.3 is 5.97 Å². The maximum Gasteiger partial charge on any atom is 0.338 e. The number of anilines is 1. The fourth-order valence-electron chi connectivity index (χ4n) is 2.68. The van der Waals surface area contributed by atoms with Crippen LogP contribution in [0.1, 0.15) is 26.3 Å². The van der Waals surface area contributed by atoms with Crippen LogP contribution in [-0.2, 0) is 9.53 Å². The fraction of sp³-hybridized carbons (Fsp3) is 0.0870. The summed E-state index contributed by atoms with van der Waals surface area (Å²) in [4.78, 5) is 36.8. The predicted molar refractivity (Wildman–Crippen MR) is 114 cm³/mol. The summed E-state index contributed by atoms with van der Waals surface area (Å²) >= 11 is 0.307. The molecule has 5 nitrogen and oxygen atoms in total. The molecule has 0 atom stereocenters. The highest BCUT2D eigenvalue weighted by atomic mass is 32.2. The second kappa shape index (κ2) is 10.5. The van der Waals surface area contributed by atoms with Crippen LogP contribution in [0.4, 0.5) is 14.5 Å². The predicted octanol–water partition coefficient (Wildman–Crippen LogP) is 5.03. The average molecular weight is 441 g/mol. The molecule has 0 aliphatic rings. The smallest absolute Gasteiger partial charge is 0.338 e. The largest absolute Gasteiger partial charge is 0.452 e. The van der Waals surface area contributed by atoms with E-state index < -0.39 is 24.2 Å². The summed E-state index contributed by atoms with van der Waals surface area (Å²) in [6, 6.07) is 20.7. The number of nitrogens with one attached hydrogen (secondary N) is 1. The van der Waals surface area contributed by atoms with E-state index in [1.54, 1.807) is 36.4 Å². The number of esters is 1. The van der Waals surface area contributed by atoms with Crippen molar-refractivity contribution in [3.05, 3.63) is 95.6 Å². The Bertz CT molecular complexity index is 1070. The lowest BCUT2D eigenvalue weighted by Crippen LogP contribution is -2.21. The molecule has 0 spiro atoms. The standard InChI is InChI=1S/C23H17F2NO4S/c24-23(25)31-19-9-5-4-8-18(19)26-20(27)14-30-22(29)17-12-10-16(11-13-17)21(28)15-6-2-1-3-7-15/h1-13,23H,14H2,(H,26,27). The van der Waals surface area contributed by atoms with E-state index in [9.17, 15) is 23.2 Å². The quantitative estimate of drug-likeness (QED) is 0.302. The summed E-state index contributed by atoms with van der Waals surface area (Å²) in [6.07, 6.45) is 0. The number of alkyl halides is 2. The van der Waals surface area contributed by atoms with Gasteiger partial charge in [-0.15, -0.1) is 0 Å². The Balaban J connectivity index is 1.56. The van der Waals surface area contributed by atoms with Gasteiger partial charge in [-0.1, -0.05) is 66.4 Å². The maximum absolute atomic E-state index is 12.6. The first-order valence-electron chi connectivity index (χ1n) is 9.14. The molecule has 1 amide bonds. The van der Waals surface area contributed by atoms with E-state index >= 15 is 0 Å². The molecule has 158 valence electrons. The minimum atomic E-state index is -2.63. The monoisotopic (exact) mass is 441 g/mol. The first-order chi connectivity index (χ1) is 14.9. The number of carbonyl (C=O) groups excluding carboxylic acids is 3. The lowest BCUT2D eigenvalue weighted by molar-refractivity contribution is -0.119. The fourth-order valence-corrected chi connectivity index (χ4v) is 3.28. The molecule has 0 bridgehead atoms. The molecule has 0 aliphatic carbocycles. The van der Waals surface area contributed by atoms with Gasteiger partial charge in [-0.05, 0) is 24.3 Å². The average Bonchev–Trinajstić information content (AvgIpc) is 2.78. The van der Waals surface area contributed by atoms with Gasteiger partial charge in [-0.2, -0.15) is 8.78 Å². The summed E-state index contributed by atoms with van der Waals surface area (Å²) < 4.78 is 30.2. The summed E-state index contributed by atoms with van der Waals surface area (Å²) in [6.45, 7) is -0.586. The minimum Gasteiger partial charge on any atom is -0.452 e. The molecule has 8 heteroatoms. The van der Waals surface area contributed by atoms with Gasteiger partial charge in [-0.25, -0.2) is 4.79 Å². The van der Waals surface area contributed by atoms with Crippen molar-refractivity contribution in [3.63, 3.8) is 0 Å². The van der Waals surface area contributed by atoms with Crippen LogP contribution in [0, 0.1) is 0 Å². The van der Waals surface area contributed by atoms with Crippen LogP contribution in [0.25, 0.3) is 0 Å². The maximum atomic E-state index is 12.6. The van der Waals surface area contributed by atoms with E-state index in [0.717, 1.165) is 0 Å². The Labute approximate surface area is 181 Å². The van der Waals surface area contributed by atoms with Crippen molar-refractivity contribution >= 4 is 35.1 Å².